The summed E-state index contributed by atoms with van der Waals surface area (Å²) in [5.41, 5.74) is 0.891. The van der Waals surface area contributed by atoms with Crippen molar-refractivity contribution in [3.8, 4) is 5.75 Å². The maximum Gasteiger partial charge on any atom is 0.339 e. The quantitative estimate of drug-likeness (QED) is 0.802. The normalized spacial score (nSPS) is 11.2. The zero-order chi connectivity index (χ0) is 13.2. The summed E-state index contributed by atoms with van der Waals surface area (Å²) in [5, 5.41) is 0. The lowest BCUT2D eigenvalue weighted by Gasteiger charge is -2.07. The van der Waals surface area contributed by atoms with Gasteiger partial charge in [0, 0.05) is 0 Å². The molecule has 0 radical (unpaired) electrons. The van der Waals surface area contributed by atoms with Gasteiger partial charge in [-0.15, -0.1) is 0 Å². The van der Waals surface area contributed by atoms with Crippen molar-refractivity contribution in [1.82, 2.24) is 0 Å². The van der Waals surface area contributed by atoms with Gasteiger partial charge in [-0.1, -0.05) is 12.1 Å². The van der Waals surface area contributed by atoms with Crippen molar-refractivity contribution < 1.29 is 17.0 Å². The van der Waals surface area contributed by atoms with Crippen LogP contribution in [-0.2, 0) is 10.1 Å². The minimum Gasteiger partial charge on any atom is -0.379 e. The molecule has 0 bridgehead atoms. The van der Waals surface area contributed by atoms with Gasteiger partial charge in [0.05, 0.1) is 0 Å². The van der Waals surface area contributed by atoms with E-state index in [4.69, 9.17) is 4.18 Å². The Hall–Kier alpha value is -1.88. The number of hydrogen-bond donors (Lipinski definition) is 0. The van der Waals surface area contributed by atoms with Gasteiger partial charge in [0.15, 0.2) is 0 Å². The second-order valence-electron chi connectivity index (χ2n) is 3.81. The highest BCUT2D eigenvalue weighted by atomic mass is 32.2. The van der Waals surface area contributed by atoms with Crippen molar-refractivity contribution in [2.45, 2.75) is 11.8 Å². The molecule has 2 aromatic carbocycles. The molecule has 94 valence electrons. The van der Waals surface area contributed by atoms with E-state index in [2.05, 4.69) is 0 Å². The lowest BCUT2D eigenvalue weighted by Crippen LogP contribution is -2.09. The molecule has 5 heteroatoms. The van der Waals surface area contributed by atoms with Crippen LogP contribution in [0.25, 0.3) is 0 Å². The summed E-state index contributed by atoms with van der Waals surface area (Å²) < 4.78 is 41.4. The molecule has 0 aliphatic heterocycles. The molecule has 0 fully saturated rings. The monoisotopic (exact) mass is 266 g/mol. The second-order valence-corrected chi connectivity index (χ2v) is 5.35. The fourth-order valence-electron chi connectivity index (χ4n) is 1.44. The Kier molecular flexibility index (Phi) is 3.34. The van der Waals surface area contributed by atoms with E-state index in [1.807, 2.05) is 13.0 Å². The number of aryl methyl sites for hydroxylation is 1. The minimum atomic E-state index is -3.91. The molecule has 0 saturated carbocycles. The Morgan fingerprint density at radius 3 is 2.33 bits per heavy atom. The third-order valence-corrected chi connectivity index (χ3v) is 3.56. The van der Waals surface area contributed by atoms with E-state index in [-0.39, 0.29) is 10.6 Å². The molecule has 0 heterocycles. The van der Waals surface area contributed by atoms with Crippen LogP contribution >= 0.6 is 0 Å². The van der Waals surface area contributed by atoms with Crippen LogP contribution in [0.4, 0.5) is 4.39 Å². The van der Waals surface area contributed by atoms with Gasteiger partial charge in [-0.05, 0) is 48.9 Å². The summed E-state index contributed by atoms with van der Waals surface area (Å²) in [7, 11) is -3.91. The number of benzene rings is 2. The van der Waals surface area contributed by atoms with Crippen molar-refractivity contribution in [2.24, 2.45) is 0 Å². The van der Waals surface area contributed by atoms with E-state index in [9.17, 15) is 12.8 Å². The van der Waals surface area contributed by atoms with Crippen LogP contribution in [-0.4, -0.2) is 8.42 Å². The summed E-state index contributed by atoms with van der Waals surface area (Å²) in [5.74, 6) is -0.260. The van der Waals surface area contributed by atoms with Gasteiger partial charge < -0.3 is 4.18 Å². The average Bonchev–Trinajstić information content (AvgIpc) is 2.29. The Balaban J connectivity index is 2.30. The predicted molar refractivity (Wildman–Crippen MR) is 65.4 cm³/mol. The molecule has 3 nitrogen and oxygen atoms in total. The number of hydrogen-bond acceptors (Lipinski definition) is 3. The van der Waals surface area contributed by atoms with Crippen LogP contribution in [0, 0.1) is 12.7 Å². The lowest BCUT2D eigenvalue weighted by atomic mass is 10.2. The van der Waals surface area contributed by atoms with Crippen molar-refractivity contribution in [3.05, 3.63) is 59.9 Å². The van der Waals surface area contributed by atoms with E-state index in [0.29, 0.717) is 0 Å². The first kappa shape index (κ1) is 12.6. The molecule has 18 heavy (non-hydrogen) atoms. The van der Waals surface area contributed by atoms with Crippen LogP contribution in [0.2, 0.25) is 0 Å². The summed E-state index contributed by atoms with van der Waals surface area (Å²) >= 11 is 0. The van der Waals surface area contributed by atoms with Crippen LogP contribution in [0.3, 0.4) is 0 Å². The molecule has 0 aromatic heterocycles. The first-order valence-electron chi connectivity index (χ1n) is 5.24. The van der Waals surface area contributed by atoms with Crippen molar-refractivity contribution in [2.75, 3.05) is 0 Å². The highest BCUT2D eigenvalue weighted by molar-refractivity contribution is 7.87. The molecule has 0 N–H and O–H groups in total. The second kappa shape index (κ2) is 4.78. The van der Waals surface area contributed by atoms with Crippen molar-refractivity contribution >= 4 is 10.1 Å². The fourth-order valence-corrected chi connectivity index (χ4v) is 2.37. The Labute approximate surface area is 105 Å². The van der Waals surface area contributed by atoms with Gasteiger partial charge in [-0.3, -0.25) is 0 Å². The average molecular weight is 266 g/mol. The van der Waals surface area contributed by atoms with Crippen LogP contribution in [0.15, 0.2) is 53.4 Å². The van der Waals surface area contributed by atoms with Crippen molar-refractivity contribution in [3.63, 3.8) is 0 Å². The Morgan fingerprint density at radius 2 is 1.72 bits per heavy atom. The van der Waals surface area contributed by atoms with Gasteiger partial charge in [-0.25, -0.2) is 4.39 Å². The molecule has 2 rings (SSSR count). The molecule has 0 unspecified atom stereocenters. The number of halogens is 1. The third kappa shape index (κ3) is 2.87. The topological polar surface area (TPSA) is 43.4 Å². The minimum absolute atomic E-state index is 0.0783. The van der Waals surface area contributed by atoms with Gasteiger partial charge in [0.1, 0.15) is 16.5 Å². The maximum atomic E-state index is 12.7. The molecule has 0 spiro atoms. The maximum absolute atomic E-state index is 12.7. The molecule has 2 aromatic rings. The summed E-state index contributed by atoms with van der Waals surface area (Å²) in [6, 6.07) is 11.2. The fraction of sp³-hybridized carbons (Fsp3) is 0.0769. The van der Waals surface area contributed by atoms with Crippen LogP contribution in [0.5, 0.6) is 5.75 Å². The molecular formula is C13H11FO3S. The Morgan fingerprint density at radius 1 is 1.06 bits per heavy atom. The van der Waals surface area contributed by atoms with E-state index < -0.39 is 15.9 Å². The molecule has 0 amide bonds. The molecule has 0 saturated heterocycles. The SMILES string of the molecule is Cc1cccc(OS(=O)(=O)c2ccc(F)cc2)c1. The lowest BCUT2D eigenvalue weighted by molar-refractivity contribution is 0.485. The van der Waals surface area contributed by atoms with E-state index in [1.165, 1.54) is 12.1 Å². The summed E-state index contributed by atoms with van der Waals surface area (Å²) in [6.07, 6.45) is 0. The van der Waals surface area contributed by atoms with E-state index >= 15 is 0 Å². The van der Waals surface area contributed by atoms with Gasteiger partial charge in [0.25, 0.3) is 0 Å². The van der Waals surface area contributed by atoms with Gasteiger partial charge in [0.2, 0.25) is 0 Å². The van der Waals surface area contributed by atoms with Crippen molar-refractivity contribution in [1.29, 1.82) is 0 Å². The third-order valence-electron chi connectivity index (χ3n) is 2.30. The van der Waals surface area contributed by atoms with E-state index in [1.54, 1.807) is 18.2 Å². The number of rotatable bonds is 3. The summed E-state index contributed by atoms with van der Waals surface area (Å²) in [6.45, 7) is 1.83. The first-order chi connectivity index (χ1) is 8.47. The Bertz CT molecular complexity index is 648. The van der Waals surface area contributed by atoms with Crippen LogP contribution < -0.4 is 4.18 Å². The molecular weight excluding hydrogens is 255 g/mol. The zero-order valence-electron chi connectivity index (χ0n) is 9.63. The summed E-state index contributed by atoms with van der Waals surface area (Å²) in [4.78, 5) is -0.0783. The van der Waals surface area contributed by atoms with Gasteiger partial charge >= 0.3 is 10.1 Å². The highest BCUT2D eigenvalue weighted by Gasteiger charge is 2.16. The van der Waals surface area contributed by atoms with Crippen LogP contribution in [0.1, 0.15) is 5.56 Å². The molecule has 0 atom stereocenters. The van der Waals surface area contributed by atoms with Gasteiger partial charge in [-0.2, -0.15) is 8.42 Å². The predicted octanol–water partition coefficient (Wildman–Crippen LogP) is 2.90. The smallest absolute Gasteiger partial charge is 0.339 e. The standard InChI is InChI=1S/C13H11FO3S/c1-10-3-2-4-12(9-10)17-18(15,16)13-7-5-11(14)6-8-13/h2-9H,1H3. The molecule has 0 aliphatic rings. The first-order valence-corrected chi connectivity index (χ1v) is 6.65. The largest absolute Gasteiger partial charge is 0.379 e. The zero-order valence-corrected chi connectivity index (χ0v) is 10.4. The van der Waals surface area contributed by atoms with E-state index in [0.717, 1.165) is 17.7 Å². The molecule has 0 aliphatic carbocycles. The highest BCUT2D eigenvalue weighted by Crippen LogP contribution is 2.19.